The van der Waals surface area contributed by atoms with E-state index in [2.05, 4.69) is 0 Å². The first-order valence-electron chi connectivity index (χ1n) is 9.25. The summed E-state index contributed by atoms with van der Waals surface area (Å²) in [5, 5.41) is 0. The summed E-state index contributed by atoms with van der Waals surface area (Å²) in [6, 6.07) is 20.9. The number of hydrogen-bond donors (Lipinski definition) is 1. The van der Waals surface area contributed by atoms with E-state index in [0.29, 0.717) is 12.0 Å². The van der Waals surface area contributed by atoms with Gasteiger partial charge in [0.2, 0.25) is 0 Å². The largest absolute Gasteiger partial charge is 0.485 e. The van der Waals surface area contributed by atoms with E-state index in [1.54, 1.807) is 30.3 Å². The Labute approximate surface area is 167 Å². The highest BCUT2D eigenvalue weighted by molar-refractivity contribution is 5.51. The van der Waals surface area contributed by atoms with Crippen LogP contribution in [0.3, 0.4) is 0 Å². The highest BCUT2D eigenvalue weighted by Gasteiger charge is 2.36. The fourth-order valence-corrected chi connectivity index (χ4v) is 2.90. The van der Waals surface area contributed by atoms with E-state index in [9.17, 15) is 13.2 Å². The molecule has 152 valence electrons. The molecule has 0 heterocycles. The van der Waals surface area contributed by atoms with E-state index in [-0.39, 0.29) is 31.3 Å². The number of rotatable bonds is 8. The molecule has 0 aromatic heterocycles. The maximum absolute atomic E-state index is 13.8. The number of nitrogens with two attached hydrogens (primary N) is 1. The molecule has 0 bridgehead atoms. The first kappa shape index (κ1) is 20.7. The highest BCUT2D eigenvalue weighted by Crippen LogP contribution is 2.43. The molecule has 3 aromatic carbocycles. The molecular weight excluding hydrogens is 379 g/mol. The summed E-state index contributed by atoms with van der Waals surface area (Å²) in [6.45, 7) is 0.368. The number of ether oxygens (including phenoxy) is 2. The maximum atomic E-state index is 13.8. The molecule has 0 amide bonds. The van der Waals surface area contributed by atoms with Crippen molar-refractivity contribution in [3.63, 3.8) is 0 Å². The number of alkyl halides is 3. The van der Waals surface area contributed by atoms with Gasteiger partial charge in [-0.3, -0.25) is 0 Å². The van der Waals surface area contributed by atoms with E-state index >= 15 is 0 Å². The Kier molecular flexibility index (Phi) is 6.77. The second-order valence-electron chi connectivity index (χ2n) is 6.56. The Balaban J connectivity index is 1.95. The van der Waals surface area contributed by atoms with Crippen molar-refractivity contribution < 1.29 is 22.6 Å². The third kappa shape index (κ3) is 5.74. The zero-order chi connectivity index (χ0) is 20.7. The standard InChI is InChI=1S/C23H22F3NO2/c24-23(25,26)20-13-19(11-12-27)14-21(28-15-17-7-3-1-4-8-17)22(20)29-16-18-9-5-2-6-10-18/h1-10,13-14H,11-12,15-16,27H2. The van der Waals surface area contributed by atoms with Crippen LogP contribution in [-0.4, -0.2) is 6.54 Å². The predicted octanol–water partition coefficient (Wildman–Crippen LogP) is 5.36. The number of benzene rings is 3. The summed E-state index contributed by atoms with van der Waals surface area (Å²) in [5.74, 6) is -0.249. The molecular formula is C23H22F3NO2. The van der Waals surface area contributed by atoms with Crippen LogP contribution < -0.4 is 15.2 Å². The van der Waals surface area contributed by atoms with Gasteiger partial charge in [-0.2, -0.15) is 13.2 Å². The lowest BCUT2D eigenvalue weighted by atomic mass is 10.1. The molecule has 0 unspecified atom stereocenters. The predicted molar refractivity (Wildman–Crippen MR) is 106 cm³/mol. The molecule has 29 heavy (non-hydrogen) atoms. The summed E-state index contributed by atoms with van der Waals surface area (Å²) < 4.78 is 52.7. The molecule has 3 nitrogen and oxygen atoms in total. The summed E-state index contributed by atoms with van der Waals surface area (Å²) in [7, 11) is 0. The molecule has 0 saturated heterocycles. The Hall–Kier alpha value is -2.99. The molecule has 0 atom stereocenters. The van der Waals surface area contributed by atoms with Crippen LogP contribution in [0.1, 0.15) is 22.3 Å². The third-order valence-electron chi connectivity index (χ3n) is 4.32. The van der Waals surface area contributed by atoms with Crippen molar-refractivity contribution in [3.8, 4) is 11.5 Å². The summed E-state index contributed by atoms with van der Waals surface area (Å²) in [5.41, 5.74) is 6.76. The molecule has 0 aliphatic carbocycles. The van der Waals surface area contributed by atoms with Gasteiger partial charge >= 0.3 is 6.18 Å². The SMILES string of the molecule is NCCc1cc(OCc2ccccc2)c(OCc2ccccc2)c(C(F)(F)F)c1. The van der Waals surface area contributed by atoms with Crippen molar-refractivity contribution >= 4 is 0 Å². The second-order valence-corrected chi connectivity index (χ2v) is 6.56. The van der Waals surface area contributed by atoms with Crippen molar-refractivity contribution in [2.75, 3.05) is 6.54 Å². The zero-order valence-corrected chi connectivity index (χ0v) is 15.8. The van der Waals surface area contributed by atoms with Crippen LogP contribution in [0, 0.1) is 0 Å². The van der Waals surface area contributed by atoms with Gasteiger partial charge in [0.1, 0.15) is 18.8 Å². The fourth-order valence-electron chi connectivity index (χ4n) is 2.90. The first-order valence-corrected chi connectivity index (χ1v) is 9.25. The molecule has 0 aliphatic heterocycles. The van der Waals surface area contributed by atoms with Crippen LogP contribution >= 0.6 is 0 Å². The van der Waals surface area contributed by atoms with Crippen molar-refractivity contribution in [1.29, 1.82) is 0 Å². The number of hydrogen-bond acceptors (Lipinski definition) is 3. The van der Waals surface area contributed by atoms with Crippen LogP contribution in [-0.2, 0) is 25.8 Å². The van der Waals surface area contributed by atoms with Gasteiger partial charge < -0.3 is 15.2 Å². The monoisotopic (exact) mass is 401 g/mol. The van der Waals surface area contributed by atoms with Crippen molar-refractivity contribution in [1.82, 2.24) is 0 Å². The molecule has 3 rings (SSSR count). The van der Waals surface area contributed by atoms with Crippen molar-refractivity contribution in [2.45, 2.75) is 25.8 Å². The van der Waals surface area contributed by atoms with Crippen LogP contribution in [0.15, 0.2) is 72.8 Å². The van der Waals surface area contributed by atoms with E-state index < -0.39 is 11.7 Å². The summed E-state index contributed by atoms with van der Waals surface area (Å²) in [4.78, 5) is 0. The van der Waals surface area contributed by atoms with E-state index in [4.69, 9.17) is 15.2 Å². The highest BCUT2D eigenvalue weighted by atomic mass is 19.4. The minimum Gasteiger partial charge on any atom is -0.485 e. The molecule has 0 saturated carbocycles. The first-order chi connectivity index (χ1) is 14.0. The Morgan fingerprint density at radius 3 is 1.79 bits per heavy atom. The van der Waals surface area contributed by atoms with Gasteiger partial charge in [-0.15, -0.1) is 0 Å². The summed E-state index contributed by atoms with van der Waals surface area (Å²) in [6.07, 6.45) is -4.27. The van der Waals surface area contributed by atoms with Crippen LogP contribution in [0.25, 0.3) is 0 Å². The van der Waals surface area contributed by atoms with Crippen molar-refractivity contribution in [2.24, 2.45) is 5.73 Å². The van der Waals surface area contributed by atoms with Gasteiger partial charge in [-0.1, -0.05) is 60.7 Å². The second kappa shape index (κ2) is 9.47. The van der Waals surface area contributed by atoms with Crippen molar-refractivity contribution in [3.05, 3.63) is 95.1 Å². The van der Waals surface area contributed by atoms with E-state index in [1.807, 2.05) is 36.4 Å². The normalized spacial score (nSPS) is 11.3. The molecule has 0 aliphatic rings. The van der Waals surface area contributed by atoms with Gasteiger partial charge in [0.25, 0.3) is 0 Å². The quantitative estimate of drug-likeness (QED) is 0.552. The fraction of sp³-hybridized carbons (Fsp3) is 0.217. The molecule has 3 aromatic rings. The van der Waals surface area contributed by atoms with Gasteiger partial charge in [0, 0.05) is 0 Å². The minimum atomic E-state index is -4.58. The Morgan fingerprint density at radius 2 is 1.28 bits per heavy atom. The number of halogens is 3. The average Bonchev–Trinajstić information content (AvgIpc) is 2.72. The Morgan fingerprint density at radius 1 is 0.724 bits per heavy atom. The van der Waals surface area contributed by atoms with Gasteiger partial charge in [0.05, 0.1) is 0 Å². The average molecular weight is 401 g/mol. The van der Waals surface area contributed by atoms with Crippen LogP contribution in [0.4, 0.5) is 13.2 Å². The molecule has 0 radical (unpaired) electrons. The maximum Gasteiger partial charge on any atom is 0.420 e. The topological polar surface area (TPSA) is 44.5 Å². The summed E-state index contributed by atoms with van der Waals surface area (Å²) >= 11 is 0. The molecule has 0 spiro atoms. The van der Waals surface area contributed by atoms with Gasteiger partial charge in [0.15, 0.2) is 11.5 Å². The smallest absolute Gasteiger partial charge is 0.420 e. The van der Waals surface area contributed by atoms with E-state index in [0.717, 1.165) is 17.2 Å². The van der Waals surface area contributed by atoms with E-state index in [1.165, 1.54) is 0 Å². The lowest BCUT2D eigenvalue weighted by Gasteiger charge is -2.20. The lowest BCUT2D eigenvalue weighted by Crippen LogP contribution is -2.13. The zero-order valence-electron chi connectivity index (χ0n) is 15.8. The van der Waals surface area contributed by atoms with Crippen LogP contribution in [0.2, 0.25) is 0 Å². The molecule has 2 N–H and O–H groups in total. The van der Waals surface area contributed by atoms with Gasteiger partial charge in [-0.25, -0.2) is 0 Å². The molecule has 0 fully saturated rings. The van der Waals surface area contributed by atoms with Gasteiger partial charge in [-0.05, 0) is 41.8 Å². The Bertz CT molecular complexity index is 913. The minimum absolute atomic E-state index is 0.00184. The van der Waals surface area contributed by atoms with Crippen LogP contribution in [0.5, 0.6) is 11.5 Å². The lowest BCUT2D eigenvalue weighted by molar-refractivity contribution is -0.139. The third-order valence-corrected chi connectivity index (χ3v) is 4.32. The molecule has 6 heteroatoms.